The van der Waals surface area contributed by atoms with Crippen molar-refractivity contribution in [2.45, 2.75) is 17.9 Å². The molecule has 1 amide bonds. The second kappa shape index (κ2) is 7.87. The van der Waals surface area contributed by atoms with Gasteiger partial charge < -0.3 is 14.8 Å². The Morgan fingerprint density at radius 1 is 1.30 bits per heavy atom. The Morgan fingerprint density at radius 3 is 2.48 bits per heavy atom. The van der Waals surface area contributed by atoms with E-state index in [9.17, 15) is 13.2 Å². The Labute approximate surface area is 136 Å². The maximum Gasteiger partial charge on any atom is 0.251 e. The van der Waals surface area contributed by atoms with Crippen LogP contribution >= 0.6 is 0 Å². The van der Waals surface area contributed by atoms with E-state index in [1.807, 2.05) is 6.92 Å². The average molecular weight is 342 g/mol. The topological polar surface area (TPSA) is 84.9 Å². The van der Waals surface area contributed by atoms with Crippen LogP contribution < -0.4 is 5.32 Å². The number of sulfonamides is 1. The van der Waals surface area contributed by atoms with Gasteiger partial charge in [-0.3, -0.25) is 4.79 Å². The number of morpholine rings is 1. The van der Waals surface area contributed by atoms with Crippen molar-refractivity contribution in [3.63, 3.8) is 0 Å². The van der Waals surface area contributed by atoms with Crippen LogP contribution in [0, 0.1) is 0 Å². The van der Waals surface area contributed by atoms with Crippen molar-refractivity contribution in [1.82, 2.24) is 9.62 Å². The predicted octanol–water partition coefficient (Wildman–Crippen LogP) is 0.472. The third kappa shape index (κ3) is 4.51. The van der Waals surface area contributed by atoms with E-state index in [0.29, 0.717) is 38.5 Å². The molecule has 1 aliphatic rings. The minimum Gasteiger partial charge on any atom is -0.383 e. The molecule has 0 spiro atoms. The number of benzene rings is 1. The molecule has 0 bridgehead atoms. The number of hydrogen-bond donors (Lipinski definition) is 1. The van der Waals surface area contributed by atoms with Gasteiger partial charge in [-0.1, -0.05) is 0 Å². The normalized spacial score (nSPS) is 17.7. The number of ether oxygens (including phenoxy) is 2. The number of rotatable bonds is 6. The summed E-state index contributed by atoms with van der Waals surface area (Å²) in [6.07, 6.45) is 0. The molecule has 1 aromatic rings. The molecule has 0 aliphatic carbocycles. The third-order valence-electron chi connectivity index (χ3n) is 3.52. The van der Waals surface area contributed by atoms with Gasteiger partial charge in [0.25, 0.3) is 5.91 Å². The lowest BCUT2D eigenvalue weighted by atomic mass is 10.2. The highest BCUT2D eigenvalue weighted by molar-refractivity contribution is 7.89. The molecule has 2 rings (SSSR count). The summed E-state index contributed by atoms with van der Waals surface area (Å²) in [6.45, 7) is 3.74. The maximum absolute atomic E-state index is 12.5. The molecule has 23 heavy (non-hydrogen) atoms. The molecule has 0 aromatic heterocycles. The first-order chi connectivity index (χ1) is 10.9. The quantitative estimate of drug-likeness (QED) is 0.812. The minimum atomic E-state index is -3.53. The fourth-order valence-electron chi connectivity index (χ4n) is 2.31. The SMILES string of the molecule is COC[C@H](C)NC(=O)c1ccc(S(=O)(=O)N2CCOCC2)cc1. The largest absolute Gasteiger partial charge is 0.383 e. The monoisotopic (exact) mass is 342 g/mol. The van der Waals surface area contributed by atoms with E-state index in [0.717, 1.165) is 0 Å². The number of amides is 1. The van der Waals surface area contributed by atoms with Crippen molar-refractivity contribution in [2.75, 3.05) is 40.0 Å². The molecule has 0 saturated carbocycles. The van der Waals surface area contributed by atoms with Gasteiger partial charge in [-0.2, -0.15) is 4.31 Å². The van der Waals surface area contributed by atoms with Crippen molar-refractivity contribution in [2.24, 2.45) is 0 Å². The maximum atomic E-state index is 12.5. The average Bonchev–Trinajstić information content (AvgIpc) is 2.56. The minimum absolute atomic E-state index is 0.121. The van der Waals surface area contributed by atoms with Crippen molar-refractivity contribution < 1.29 is 22.7 Å². The smallest absolute Gasteiger partial charge is 0.251 e. The fraction of sp³-hybridized carbons (Fsp3) is 0.533. The van der Waals surface area contributed by atoms with Crippen LogP contribution in [0.5, 0.6) is 0 Å². The Balaban J connectivity index is 2.08. The summed E-state index contributed by atoms with van der Waals surface area (Å²) in [5.41, 5.74) is 0.411. The van der Waals surface area contributed by atoms with E-state index in [-0.39, 0.29) is 16.8 Å². The van der Waals surface area contributed by atoms with Gasteiger partial charge in [0, 0.05) is 31.8 Å². The number of carbonyl (C=O) groups excluding carboxylic acids is 1. The lowest BCUT2D eigenvalue weighted by Crippen LogP contribution is -2.40. The van der Waals surface area contributed by atoms with Crippen LogP contribution in [-0.2, 0) is 19.5 Å². The van der Waals surface area contributed by atoms with Crippen molar-refractivity contribution >= 4 is 15.9 Å². The molecular weight excluding hydrogens is 320 g/mol. The Kier molecular flexibility index (Phi) is 6.11. The van der Waals surface area contributed by atoms with Crippen molar-refractivity contribution in [3.8, 4) is 0 Å². The van der Waals surface area contributed by atoms with Crippen LogP contribution in [0.1, 0.15) is 17.3 Å². The second-order valence-electron chi connectivity index (χ2n) is 5.37. The van der Waals surface area contributed by atoms with Crippen molar-refractivity contribution in [1.29, 1.82) is 0 Å². The predicted molar refractivity (Wildman–Crippen MR) is 84.8 cm³/mol. The highest BCUT2D eigenvalue weighted by atomic mass is 32.2. The zero-order chi connectivity index (χ0) is 16.9. The Bertz CT molecular complexity index is 624. The molecule has 1 fully saturated rings. The van der Waals surface area contributed by atoms with E-state index in [2.05, 4.69) is 5.32 Å². The molecule has 1 saturated heterocycles. The summed E-state index contributed by atoms with van der Waals surface area (Å²) in [5, 5.41) is 2.78. The molecule has 1 N–H and O–H groups in total. The summed E-state index contributed by atoms with van der Waals surface area (Å²) >= 11 is 0. The molecular formula is C15H22N2O5S. The summed E-state index contributed by atoms with van der Waals surface area (Å²) in [6, 6.07) is 5.83. The van der Waals surface area contributed by atoms with Crippen LogP contribution in [0.4, 0.5) is 0 Å². The van der Waals surface area contributed by atoms with E-state index >= 15 is 0 Å². The van der Waals surface area contributed by atoms with Crippen LogP contribution in [0.2, 0.25) is 0 Å². The van der Waals surface area contributed by atoms with Crippen LogP contribution in [-0.4, -0.2) is 64.7 Å². The van der Waals surface area contributed by atoms with Gasteiger partial charge in [0.1, 0.15) is 0 Å². The Morgan fingerprint density at radius 2 is 1.91 bits per heavy atom. The molecule has 0 radical (unpaired) electrons. The molecule has 8 heteroatoms. The van der Waals surface area contributed by atoms with E-state index < -0.39 is 10.0 Å². The lowest BCUT2D eigenvalue weighted by molar-refractivity contribution is 0.0730. The summed E-state index contributed by atoms with van der Waals surface area (Å²) in [4.78, 5) is 12.2. The van der Waals surface area contributed by atoms with Gasteiger partial charge >= 0.3 is 0 Å². The van der Waals surface area contributed by atoms with Gasteiger partial charge in [-0.15, -0.1) is 0 Å². The lowest BCUT2D eigenvalue weighted by Gasteiger charge is -2.26. The van der Waals surface area contributed by atoms with Crippen LogP contribution in [0.25, 0.3) is 0 Å². The van der Waals surface area contributed by atoms with Crippen molar-refractivity contribution in [3.05, 3.63) is 29.8 Å². The number of nitrogens with zero attached hydrogens (tertiary/aromatic N) is 1. The second-order valence-corrected chi connectivity index (χ2v) is 7.31. The Hall–Kier alpha value is -1.48. The molecule has 1 atom stereocenters. The third-order valence-corrected chi connectivity index (χ3v) is 5.43. The fourth-order valence-corrected chi connectivity index (χ4v) is 3.72. The first-order valence-corrected chi connectivity index (χ1v) is 8.87. The number of nitrogens with one attached hydrogen (secondary N) is 1. The van der Waals surface area contributed by atoms with Gasteiger partial charge in [0.05, 0.1) is 24.7 Å². The summed E-state index contributed by atoms with van der Waals surface area (Å²) < 4.78 is 36.5. The van der Waals surface area contributed by atoms with Gasteiger partial charge in [-0.25, -0.2) is 8.42 Å². The summed E-state index contributed by atoms with van der Waals surface area (Å²) in [7, 11) is -1.97. The molecule has 128 valence electrons. The molecule has 1 aliphatic heterocycles. The van der Waals surface area contributed by atoms with Gasteiger partial charge in [0.15, 0.2) is 0 Å². The molecule has 1 heterocycles. The standard InChI is InChI=1S/C15H22N2O5S/c1-12(11-21-2)16-15(18)13-3-5-14(6-4-13)23(19,20)17-7-9-22-10-8-17/h3-6,12H,7-11H2,1-2H3,(H,16,18)/t12-/m0/s1. The van der Waals surface area contributed by atoms with E-state index in [1.54, 1.807) is 7.11 Å². The number of methoxy groups -OCH3 is 1. The van der Waals surface area contributed by atoms with Crippen LogP contribution in [0.3, 0.4) is 0 Å². The van der Waals surface area contributed by atoms with Crippen LogP contribution in [0.15, 0.2) is 29.2 Å². The summed E-state index contributed by atoms with van der Waals surface area (Å²) in [5.74, 6) is -0.259. The highest BCUT2D eigenvalue weighted by Gasteiger charge is 2.26. The van der Waals surface area contributed by atoms with Gasteiger partial charge in [0.2, 0.25) is 10.0 Å². The first kappa shape index (κ1) is 17.9. The van der Waals surface area contributed by atoms with E-state index in [1.165, 1.54) is 28.6 Å². The zero-order valence-electron chi connectivity index (χ0n) is 13.3. The first-order valence-electron chi connectivity index (χ1n) is 7.43. The molecule has 0 unspecified atom stereocenters. The molecule has 1 aromatic carbocycles. The molecule has 7 nitrogen and oxygen atoms in total. The van der Waals surface area contributed by atoms with E-state index in [4.69, 9.17) is 9.47 Å². The zero-order valence-corrected chi connectivity index (χ0v) is 14.1. The number of carbonyl (C=O) groups is 1. The number of hydrogen-bond acceptors (Lipinski definition) is 5. The highest BCUT2D eigenvalue weighted by Crippen LogP contribution is 2.17. The van der Waals surface area contributed by atoms with Gasteiger partial charge in [-0.05, 0) is 31.2 Å².